The highest BCUT2D eigenvalue weighted by Crippen LogP contribution is 2.03. The zero-order valence-electron chi connectivity index (χ0n) is 7.41. The van der Waals surface area contributed by atoms with Crippen LogP contribution in [-0.2, 0) is 14.8 Å². The number of hydrogen-bond acceptors (Lipinski definition) is 5. The van der Waals surface area contributed by atoms with Crippen molar-refractivity contribution in [1.82, 2.24) is 14.7 Å². The fraction of sp³-hybridized carbons (Fsp3) is 0.333. The third-order valence-corrected chi connectivity index (χ3v) is 2.94. The van der Waals surface area contributed by atoms with Gasteiger partial charge >= 0.3 is 5.97 Å². The highest BCUT2D eigenvalue weighted by Gasteiger charge is 2.25. The second-order valence-corrected chi connectivity index (χ2v) is 4.29. The Morgan fingerprint density at radius 1 is 1.67 bits per heavy atom. The number of aromatic nitrogens is 2. The minimum Gasteiger partial charge on any atom is -0.480 e. The molecule has 0 saturated carbocycles. The first-order valence-corrected chi connectivity index (χ1v) is 5.30. The summed E-state index contributed by atoms with van der Waals surface area (Å²) in [4.78, 5) is 16.3. The van der Waals surface area contributed by atoms with Crippen molar-refractivity contribution >= 4 is 16.0 Å². The minimum absolute atomic E-state index is 0.262. The van der Waals surface area contributed by atoms with Crippen molar-refractivity contribution in [2.24, 2.45) is 0 Å². The van der Waals surface area contributed by atoms with Crippen LogP contribution in [0.5, 0.6) is 0 Å². The summed E-state index contributed by atoms with van der Waals surface area (Å²) in [6.45, 7) is -0.831. The van der Waals surface area contributed by atoms with Crippen LogP contribution in [0.15, 0.2) is 17.6 Å². The van der Waals surface area contributed by atoms with Crippen molar-refractivity contribution in [2.75, 3.05) is 6.61 Å². The predicted octanol–water partition coefficient (Wildman–Crippen LogP) is -1.87. The molecule has 8 nitrogen and oxygen atoms in total. The number of hydrogen-bond donors (Lipinski definition) is 4. The molecule has 1 unspecified atom stereocenters. The lowest BCUT2D eigenvalue weighted by atomic mass is 10.3. The number of rotatable bonds is 5. The molecule has 0 spiro atoms. The van der Waals surface area contributed by atoms with Gasteiger partial charge in [0.1, 0.15) is 6.04 Å². The van der Waals surface area contributed by atoms with E-state index in [9.17, 15) is 13.2 Å². The first-order chi connectivity index (χ1) is 6.97. The van der Waals surface area contributed by atoms with E-state index in [2.05, 4.69) is 9.97 Å². The molecule has 0 radical (unpaired) electrons. The second kappa shape index (κ2) is 4.38. The molecule has 1 heterocycles. The van der Waals surface area contributed by atoms with Crippen LogP contribution in [0.2, 0.25) is 0 Å². The molecule has 1 aromatic rings. The van der Waals surface area contributed by atoms with Crippen molar-refractivity contribution in [2.45, 2.75) is 11.1 Å². The Morgan fingerprint density at radius 3 is 2.73 bits per heavy atom. The molecular weight excluding hydrogens is 226 g/mol. The molecule has 9 heteroatoms. The lowest BCUT2D eigenvalue weighted by molar-refractivity contribution is -0.139. The Morgan fingerprint density at radius 2 is 2.33 bits per heavy atom. The van der Waals surface area contributed by atoms with Gasteiger partial charge in [-0.25, -0.2) is 13.4 Å². The summed E-state index contributed by atoms with van der Waals surface area (Å²) >= 11 is 0. The summed E-state index contributed by atoms with van der Waals surface area (Å²) < 4.78 is 24.6. The SMILES string of the molecule is O=C(O)C(CO)NS(=O)(=O)c1cnc[nH]1. The molecule has 4 N–H and O–H groups in total. The fourth-order valence-corrected chi connectivity index (χ4v) is 1.89. The number of sulfonamides is 1. The average molecular weight is 235 g/mol. The molecular formula is C6H9N3O5S. The maximum absolute atomic E-state index is 11.4. The van der Waals surface area contributed by atoms with E-state index in [1.807, 2.05) is 0 Å². The van der Waals surface area contributed by atoms with Crippen LogP contribution >= 0.6 is 0 Å². The molecule has 84 valence electrons. The number of aliphatic hydroxyl groups is 1. The van der Waals surface area contributed by atoms with E-state index in [-0.39, 0.29) is 5.03 Å². The van der Waals surface area contributed by atoms with E-state index in [0.29, 0.717) is 0 Å². The molecule has 1 atom stereocenters. The molecule has 0 aromatic carbocycles. The summed E-state index contributed by atoms with van der Waals surface area (Å²) in [7, 11) is -3.98. The molecule has 0 amide bonds. The number of aliphatic carboxylic acids is 1. The fourth-order valence-electron chi connectivity index (χ4n) is 0.807. The highest BCUT2D eigenvalue weighted by atomic mass is 32.2. The van der Waals surface area contributed by atoms with Gasteiger partial charge in [-0.05, 0) is 0 Å². The van der Waals surface area contributed by atoms with Gasteiger partial charge in [-0.1, -0.05) is 0 Å². The summed E-state index contributed by atoms with van der Waals surface area (Å²) in [6, 6.07) is -1.57. The zero-order chi connectivity index (χ0) is 11.5. The Labute approximate surface area is 85.0 Å². The second-order valence-electron chi connectivity index (χ2n) is 2.61. The molecule has 0 bridgehead atoms. The number of carbonyl (C=O) groups is 1. The topological polar surface area (TPSA) is 132 Å². The van der Waals surface area contributed by atoms with E-state index in [1.54, 1.807) is 4.72 Å². The van der Waals surface area contributed by atoms with Crippen LogP contribution in [0.1, 0.15) is 0 Å². The van der Waals surface area contributed by atoms with Gasteiger partial charge in [0.05, 0.1) is 19.1 Å². The highest BCUT2D eigenvalue weighted by molar-refractivity contribution is 7.89. The van der Waals surface area contributed by atoms with Crippen molar-refractivity contribution in [3.05, 3.63) is 12.5 Å². The molecule has 15 heavy (non-hydrogen) atoms. The minimum atomic E-state index is -3.98. The van der Waals surface area contributed by atoms with Gasteiger partial charge in [-0.2, -0.15) is 4.72 Å². The van der Waals surface area contributed by atoms with E-state index >= 15 is 0 Å². The van der Waals surface area contributed by atoms with Gasteiger partial charge in [-0.3, -0.25) is 4.79 Å². The van der Waals surface area contributed by atoms with Crippen LogP contribution in [-0.4, -0.2) is 47.2 Å². The summed E-state index contributed by atoms with van der Waals surface area (Å²) in [5.41, 5.74) is 0. The van der Waals surface area contributed by atoms with Crippen molar-refractivity contribution in [3.8, 4) is 0 Å². The summed E-state index contributed by atoms with van der Waals surface area (Å²) in [5, 5.41) is 16.9. The first kappa shape index (κ1) is 11.6. The lowest BCUT2D eigenvalue weighted by Gasteiger charge is -2.10. The average Bonchev–Trinajstić information content (AvgIpc) is 2.67. The lowest BCUT2D eigenvalue weighted by Crippen LogP contribution is -2.43. The first-order valence-electron chi connectivity index (χ1n) is 3.81. The van der Waals surface area contributed by atoms with Crippen LogP contribution in [0.3, 0.4) is 0 Å². The number of imidazole rings is 1. The molecule has 0 aliphatic rings. The van der Waals surface area contributed by atoms with Crippen molar-refractivity contribution < 1.29 is 23.4 Å². The quantitative estimate of drug-likeness (QED) is 0.472. The third-order valence-electron chi connectivity index (χ3n) is 1.54. The van der Waals surface area contributed by atoms with Crippen LogP contribution < -0.4 is 4.72 Å². The normalized spacial score (nSPS) is 13.7. The van der Waals surface area contributed by atoms with E-state index in [0.717, 1.165) is 12.5 Å². The van der Waals surface area contributed by atoms with Gasteiger partial charge in [0.15, 0.2) is 5.03 Å². The van der Waals surface area contributed by atoms with Crippen LogP contribution in [0.4, 0.5) is 0 Å². The molecule has 0 aliphatic carbocycles. The van der Waals surface area contributed by atoms with E-state index in [1.165, 1.54) is 0 Å². The number of nitrogens with zero attached hydrogens (tertiary/aromatic N) is 1. The molecule has 0 saturated heterocycles. The number of nitrogens with one attached hydrogen (secondary N) is 2. The molecule has 1 aromatic heterocycles. The van der Waals surface area contributed by atoms with Crippen molar-refractivity contribution in [3.63, 3.8) is 0 Å². The number of aliphatic hydroxyl groups excluding tert-OH is 1. The number of carboxylic acids is 1. The van der Waals surface area contributed by atoms with Gasteiger partial charge < -0.3 is 15.2 Å². The van der Waals surface area contributed by atoms with E-state index in [4.69, 9.17) is 10.2 Å². The monoisotopic (exact) mass is 235 g/mol. The Balaban J connectivity index is 2.86. The summed E-state index contributed by atoms with van der Waals surface area (Å²) in [6.07, 6.45) is 2.17. The van der Waals surface area contributed by atoms with Gasteiger partial charge in [0, 0.05) is 0 Å². The maximum atomic E-state index is 11.4. The standard InChI is InChI=1S/C6H9N3O5S/c10-2-4(6(11)12)9-15(13,14)5-1-7-3-8-5/h1,3-4,9-10H,2H2,(H,7,8)(H,11,12). The third kappa shape index (κ3) is 2.75. The largest absolute Gasteiger partial charge is 0.480 e. The molecule has 0 fully saturated rings. The summed E-state index contributed by atoms with van der Waals surface area (Å²) in [5.74, 6) is -1.46. The van der Waals surface area contributed by atoms with E-state index < -0.39 is 28.6 Å². The number of aromatic amines is 1. The number of H-pyrrole nitrogens is 1. The molecule has 1 rings (SSSR count). The van der Waals surface area contributed by atoms with Crippen molar-refractivity contribution in [1.29, 1.82) is 0 Å². The van der Waals surface area contributed by atoms with Gasteiger partial charge in [-0.15, -0.1) is 0 Å². The smallest absolute Gasteiger partial charge is 0.324 e. The van der Waals surface area contributed by atoms with Gasteiger partial charge in [0.25, 0.3) is 10.0 Å². The van der Waals surface area contributed by atoms with Gasteiger partial charge in [0.2, 0.25) is 0 Å². The zero-order valence-corrected chi connectivity index (χ0v) is 8.23. The Kier molecular flexibility index (Phi) is 3.39. The Bertz CT molecular complexity index is 426. The van der Waals surface area contributed by atoms with Crippen LogP contribution in [0, 0.1) is 0 Å². The Hall–Kier alpha value is -1.45. The maximum Gasteiger partial charge on any atom is 0.324 e. The molecule has 0 aliphatic heterocycles. The number of carboxylic acid groups (broad SMARTS) is 1. The predicted molar refractivity (Wildman–Crippen MR) is 47.4 cm³/mol. The van der Waals surface area contributed by atoms with Crippen LogP contribution in [0.25, 0.3) is 0 Å².